The molecule has 2 N–H and O–H groups in total. The molecule has 26 heavy (non-hydrogen) atoms. The lowest BCUT2D eigenvalue weighted by Gasteiger charge is -2.34. The Bertz CT molecular complexity index is 619. The van der Waals surface area contributed by atoms with E-state index < -0.39 is 5.60 Å². The van der Waals surface area contributed by atoms with Crippen molar-refractivity contribution in [3.8, 4) is 5.88 Å². The van der Waals surface area contributed by atoms with E-state index in [1.807, 2.05) is 26.8 Å². The average Bonchev–Trinajstić information content (AvgIpc) is 2.60. The van der Waals surface area contributed by atoms with Crippen molar-refractivity contribution in [3.63, 3.8) is 0 Å². The van der Waals surface area contributed by atoms with Crippen LogP contribution in [0, 0.1) is 0 Å². The summed E-state index contributed by atoms with van der Waals surface area (Å²) in [6, 6.07) is 1.92. The van der Waals surface area contributed by atoms with E-state index >= 15 is 0 Å². The van der Waals surface area contributed by atoms with E-state index in [1.165, 1.54) is 0 Å². The van der Waals surface area contributed by atoms with Crippen LogP contribution < -0.4 is 4.74 Å². The Kier molecular flexibility index (Phi) is 6.83. The summed E-state index contributed by atoms with van der Waals surface area (Å²) >= 11 is 0. The lowest BCUT2D eigenvalue weighted by Crippen LogP contribution is -2.41. The molecular weight excluding hydrogens is 336 g/mol. The highest BCUT2D eigenvalue weighted by atomic mass is 16.6. The number of likely N-dealkylation sites (tertiary alicyclic amines) is 1. The molecule has 2 rings (SSSR count). The predicted molar refractivity (Wildman–Crippen MR) is 97.3 cm³/mol. The second kappa shape index (κ2) is 8.68. The van der Waals surface area contributed by atoms with Crippen LogP contribution in [-0.2, 0) is 17.8 Å². The van der Waals surface area contributed by atoms with Gasteiger partial charge >= 0.3 is 6.09 Å². The Hall–Kier alpha value is -1.86. The van der Waals surface area contributed by atoms with Crippen LogP contribution in [0.15, 0.2) is 6.07 Å². The Morgan fingerprint density at radius 2 is 1.96 bits per heavy atom. The highest BCUT2D eigenvalue weighted by Gasteiger charge is 2.29. The van der Waals surface area contributed by atoms with Gasteiger partial charge in [-0.1, -0.05) is 0 Å². The summed E-state index contributed by atoms with van der Waals surface area (Å²) in [4.78, 5) is 18.4. The summed E-state index contributed by atoms with van der Waals surface area (Å²) in [5.74, 6) is 0.728. The molecule has 1 aromatic rings. The maximum absolute atomic E-state index is 12.2. The van der Waals surface area contributed by atoms with Gasteiger partial charge in [-0.15, -0.1) is 0 Å². The van der Waals surface area contributed by atoms with Gasteiger partial charge in [0.1, 0.15) is 5.60 Å². The third-order valence-electron chi connectivity index (χ3n) is 4.48. The minimum Gasteiger partial charge on any atom is -0.481 e. The lowest BCUT2D eigenvalue weighted by atomic mass is 9.89. The Labute approximate surface area is 154 Å². The number of aromatic nitrogens is 1. The summed E-state index contributed by atoms with van der Waals surface area (Å²) < 4.78 is 10.9. The number of piperidine rings is 1. The van der Waals surface area contributed by atoms with E-state index in [-0.39, 0.29) is 25.2 Å². The topological polar surface area (TPSA) is 92.1 Å². The first-order chi connectivity index (χ1) is 12.3. The second-order valence-electron chi connectivity index (χ2n) is 7.57. The van der Waals surface area contributed by atoms with Gasteiger partial charge in [-0.2, -0.15) is 0 Å². The van der Waals surface area contributed by atoms with Crippen LogP contribution in [0.3, 0.4) is 0 Å². The number of rotatable bonds is 5. The highest BCUT2D eigenvalue weighted by Crippen LogP contribution is 2.35. The zero-order valence-corrected chi connectivity index (χ0v) is 16.1. The molecule has 1 amide bonds. The van der Waals surface area contributed by atoms with Crippen molar-refractivity contribution in [1.82, 2.24) is 9.88 Å². The molecule has 0 unspecified atom stereocenters. The first-order valence-corrected chi connectivity index (χ1v) is 9.05. The van der Waals surface area contributed by atoms with Crippen LogP contribution >= 0.6 is 0 Å². The number of carbonyl (C=O) groups excluding carboxylic acids is 1. The standard InChI is InChI=1S/C19H30N2O5/c1-19(2,3)26-18(24)21-8-5-13(6-9-21)15-11-14(12-23)16(7-10-22)20-17(15)25-4/h11,13,22-23H,5-10,12H2,1-4H3. The van der Waals surface area contributed by atoms with Gasteiger partial charge in [0, 0.05) is 31.7 Å². The molecule has 0 bridgehead atoms. The van der Waals surface area contributed by atoms with Crippen LogP contribution in [0.25, 0.3) is 0 Å². The number of aliphatic hydroxyl groups is 2. The molecule has 0 atom stereocenters. The fraction of sp³-hybridized carbons (Fsp3) is 0.684. The van der Waals surface area contributed by atoms with Crippen molar-refractivity contribution in [1.29, 1.82) is 0 Å². The van der Waals surface area contributed by atoms with Crippen LogP contribution in [-0.4, -0.2) is 58.6 Å². The summed E-state index contributed by atoms with van der Waals surface area (Å²) in [6.07, 6.45) is 1.66. The molecule has 0 aliphatic carbocycles. The fourth-order valence-corrected chi connectivity index (χ4v) is 3.21. The van der Waals surface area contributed by atoms with Gasteiger partial charge in [-0.25, -0.2) is 9.78 Å². The molecule has 1 aliphatic rings. The molecule has 1 aliphatic heterocycles. The smallest absolute Gasteiger partial charge is 0.410 e. The van der Waals surface area contributed by atoms with Gasteiger partial charge in [0.25, 0.3) is 0 Å². The van der Waals surface area contributed by atoms with Crippen molar-refractivity contribution < 1.29 is 24.5 Å². The van der Waals surface area contributed by atoms with Gasteiger partial charge in [0.15, 0.2) is 0 Å². The number of methoxy groups -OCH3 is 1. The first-order valence-electron chi connectivity index (χ1n) is 9.05. The van der Waals surface area contributed by atoms with Gasteiger partial charge in [0.05, 0.1) is 19.4 Å². The van der Waals surface area contributed by atoms with Crippen LogP contribution in [0.5, 0.6) is 5.88 Å². The third-order valence-corrected chi connectivity index (χ3v) is 4.48. The molecule has 1 saturated heterocycles. The van der Waals surface area contributed by atoms with E-state index in [0.29, 0.717) is 36.6 Å². The average molecular weight is 366 g/mol. The van der Waals surface area contributed by atoms with E-state index in [0.717, 1.165) is 18.4 Å². The Morgan fingerprint density at radius 1 is 1.31 bits per heavy atom. The molecule has 1 aromatic heterocycles. The Balaban J connectivity index is 2.12. The number of ether oxygens (including phenoxy) is 2. The number of amides is 1. The van der Waals surface area contributed by atoms with Crippen LogP contribution in [0.1, 0.15) is 56.4 Å². The van der Waals surface area contributed by atoms with Gasteiger partial charge < -0.3 is 24.6 Å². The minimum absolute atomic E-state index is 0.0310. The SMILES string of the molecule is COc1nc(CCO)c(CO)cc1C1CCN(C(=O)OC(C)(C)C)CC1. The minimum atomic E-state index is -0.500. The first kappa shape index (κ1) is 20.5. The van der Waals surface area contributed by atoms with Crippen molar-refractivity contribution >= 4 is 6.09 Å². The molecule has 2 heterocycles. The number of aliphatic hydroxyl groups excluding tert-OH is 2. The number of carbonyl (C=O) groups is 1. The van der Waals surface area contributed by atoms with Crippen molar-refractivity contribution in [2.24, 2.45) is 0 Å². The van der Waals surface area contributed by atoms with E-state index in [9.17, 15) is 15.0 Å². The number of hydrogen-bond donors (Lipinski definition) is 2. The van der Waals surface area contributed by atoms with E-state index in [1.54, 1.807) is 12.0 Å². The lowest BCUT2D eigenvalue weighted by molar-refractivity contribution is 0.0204. The van der Waals surface area contributed by atoms with Gasteiger partial charge in [-0.05, 0) is 51.2 Å². The van der Waals surface area contributed by atoms with E-state index in [2.05, 4.69) is 4.98 Å². The largest absolute Gasteiger partial charge is 0.481 e. The molecule has 1 fully saturated rings. The molecule has 0 radical (unpaired) electrons. The van der Waals surface area contributed by atoms with E-state index in [4.69, 9.17) is 9.47 Å². The summed E-state index contributed by atoms with van der Waals surface area (Å²) in [5.41, 5.74) is 1.81. The van der Waals surface area contributed by atoms with Gasteiger partial charge in [-0.3, -0.25) is 0 Å². The van der Waals surface area contributed by atoms with Crippen LogP contribution in [0.4, 0.5) is 4.79 Å². The Morgan fingerprint density at radius 3 is 2.46 bits per heavy atom. The maximum Gasteiger partial charge on any atom is 0.410 e. The molecule has 0 aromatic carbocycles. The predicted octanol–water partition coefficient (Wildman–Crippen LogP) is 2.23. The zero-order valence-electron chi connectivity index (χ0n) is 16.1. The zero-order chi connectivity index (χ0) is 19.3. The molecule has 0 saturated carbocycles. The quantitative estimate of drug-likeness (QED) is 0.830. The normalized spacial score (nSPS) is 15.8. The third kappa shape index (κ3) is 5.08. The summed E-state index contributed by atoms with van der Waals surface area (Å²) in [5, 5.41) is 18.8. The molecule has 7 nitrogen and oxygen atoms in total. The molecule has 7 heteroatoms. The fourth-order valence-electron chi connectivity index (χ4n) is 3.21. The number of pyridine rings is 1. The molecule has 0 spiro atoms. The van der Waals surface area contributed by atoms with Gasteiger partial charge in [0.2, 0.25) is 5.88 Å². The summed E-state index contributed by atoms with van der Waals surface area (Å²) in [7, 11) is 1.57. The van der Waals surface area contributed by atoms with Crippen LogP contribution in [0.2, 0.25) is 0 Å². The highest BCUT2D eigenvalue weighted by molar-refractivity contribution is 5.68. The molecule has 146 valence electrons. The second-order valence-corrected chi connectivity index (χ2v) is 7.57. The van der Waals surface area contributed by atoms with Crippen molar-refractivity contribution in [2.45, 2.75) is 58.2 Å². The number of hydrogen-bond acceptors (Lipinski definition) is 6. The maximum atomic E-state index is 12.2. The molecular formula is C19H30N2O5. The number of nitrogens with zero attached hydrogens (tertiary/aromatic N) is 2. The summed E-state index contributed by atoms with van der Waals surface area (Å²) in [6.45, 7) is 6.63. The van der Waals surface area contributed by atoms with Crippen molar-refractivity contribution in [3.05, 3.63) is 22.9 Å². The monoisotopic (exact) mass is 366 g/mol. The van der Waals surface area contributed by atoms with Crippen molar-refractivity contribution in [2.75, 3.05) is 26.8 Å².